The number of ether oxygens (including phenoxy) is 1. The van der Waals surface area contributed by atoms with Crippen molar-refractivity contribution in [2.75, 3.05) is 6.61 Å². The topological polar surface area (TPSA) is 35.2 Å². The van der Waals surface area contributed by atoms with Gasteiger partial charge in [-0.2, -0.15) is 0 Å². The Hall–Kier alpha value is -0.930. The van der Waals surface area contributed by atoms with E-state index in [9.17, 15) is 4.39 Å². The fourth-order valence-corrected chi connectivity index (χ4v) is 2.16. The van der Waals surface area contributed by atoms with E-state index in [0.29, 0.717) is 19.1 Å². The highest BCUT2D eigenvalue weighted by Crippen LogP contribution is 2.16. The number of benzene rings is 1. The monoisotopic (exact) mass is 267 g/mol. The van der Waals surface area contributed by atoms with Crippen LogP contribution in [-0.4, -0.2) is 6.61 Å². The largest absolute Gasteiger partial charge is 0.376 e. The van der Waals surface area contributed by atoms with Gasteiger partial charge in [-0.05, 0) is 35.6 Å². The minimum Gasteiger partial charge on any atom is -0.376 e. The molecule has 108 valence electrons. The van der Waals surface area contributed by atoms with Gasteiger partial charge in [0, 0.05) is 13.2 Å². The highest BCUT2D eigenvalue weighted by molar-refractivity contribution is 5.27. The predicted octanol–water partition coefficient (Wildman–Crippen LogP) is 4.02. The van der Waals surface area contributed by atoms with Crippen molar-refractivity contribution in [2.24, 2.45) is 11.7 Å². The van der Waals surface area contributed by atoms with Crippen LogP contribution in [0.4, 0.5) is 4.39 Å². The summed E-state index contributed by atoms with van der Waals surface area (Å²) in [6, 6.07) is 4.73. The number of hydrogen-bond acceptors (Lipinski definition) is 2. The lowest BCUT2D eigenvalue weighted by atomic mass is 10.0. The second kappa shape index (κ2) is 9.05. The third-order valence-corrected chi connectivity index (χ3v) is 3.54. The van der Waals surface area contributed by atoms with E-state index in [1.54, 1.807) is 6.07 Å². The molecule has 2 N–H and O–H groups in total. The molecule has 0 radical (unpaired) electrons. The first-order valence-electron chi connectivity index (χ1n) is 7.26. The summed E-state index contributed by atoms with van der Waals surface area (Å²) >= 11 is 0. The van der Waals surface area contributed by atoms with Crippen molar-refractivity contribution in [3.8, 4) is 0 Å². The second-order valence-electron chi connectivity index (χ2n) is 5.05. The van der Waals surface area contributed by atoms with Crippen molar-refractivity contribution >= 4 is 0 Å². The average molecular weight is 267 g/mol. The number of hydrogen-bond donors (Lipinski definition) is 1. The van der Waals surface area contributed by atoms with Gasteiger partial charge in [-0.25, -0.2) is 4.39 Å². The zero-order valence-corrected chi connectivity index (χ0v) is 12.1. The molecule has 0 aliphatic carbocycles. The first-order valence-corrected chi connectivity index (χ1v) is 7.26. The summed E-state index contributed by atoms with van der Waals surface area (Å²) in [5.41, 5.74) is 7.45. The molecule has 0 spiro atoms. The summed E-state index contributed by atoms with van der Waals surface area (Å²) in [6.45, 7) is 6.06. The first-order chi connectivity index (χ1) is 9.21. The van der Waals surface area contributed by atoms with Gasteiger partial charge in [-0.1, -0.05) is 39.2 Å². The van der Waals surface area contributed by atoms with Gasteiger partial charge in [0.15, 0.2) is 0 Å². The quantitative estimate of drug-likeness (QED) is 0.733. The molecule has 0 bridgehead atoms. The molecule has 0 amide bonds. The highest BCUT2D eigenvalue weighted by Gasteiger charge is 2.08. The minimum absolute atomic E-state index is 0.237. The van der Waals surface area contributed by atoms with Gasteiger partial charge in [-0.15, -0.1) is 0 Å². The van der Waals surface area contributed by atoms with E-state index in [1.807, 2.05) is 0 Å². The van der Waals surface area contributed by atoms with E-state index < -0.39 is 0 Å². The van der Waals surface area contributed by atoms with Gasteiger partial charge >= 0.3 is 0 Å². The van der Waals surface area contributed by atoms with Crippen LogP contribution in [0.15, 0.2) is 18.2 Å². The molecule has 1 aromatic carbocycles. The summed E-state index contributed by atoms with van der Waals surface area (Å²) in [7, 11) is 0. The molecule has 19 heavy (non-hydrogen) atoms. The predicted molar refractivity (Wildman–Crippen MR) is 77.3 cm³/mol. The summed E-state index contributed by atoms with van der Waals surface area (Å²) in [6.07, 6.45) is 4.85. The lowest BCUT2D eigenvalue weighted by Crippen LogP contribution is -2.10. The van der Waals surface area contributed by atoms with E-state index >= 15 is 0 Å². The van der Waals surface area contributed by atoms with Crippen molar-refractivity contribution < 1.29 is 9.13 Å². The van der Waals surface area contributed by atoms with Crippen molar-refractivity contribution in [1.82, 2.24) is 0 Å². The maximum absolute atomic E-state index is 13.1. The Morgan fingerprint density at radius 1 is 1.26 bits per heavy atom. The van der Waals surface area contributed by atoms with Gasteiger partial charge in [0.1, 0.15) is 5.82 Å². The number of rotatable bonds is 9. The summed E-state index contributed by atoms with van der Waals surface area (Å²) in [4.78, 5) is 0. The van der Waals surface area contributed by atoms with Crippen molar-refractivity contribution in [2.45, 2.75) is 52.7 Å². The molecule has 0 aromatic heterocycles. The van der Waals surface area contributed by atoms with E-state index in [-0.39, 0.29) is 5.82 Å². The summed E-state index contributed by atoms with van der Waals surface area (Å²) in [5, 5.41) is 0. The molecule has 0 saturated heterocycles. The molecule has 1 atom stereocenters. The Kier molecular flexibility index (Phi) is 7.68. The van der Waals surface area contributed by atoms with E-state index in [0.717, 1.165) is 24.2 Å². The van der Waals surface area contributed by atoms with Crippen LogP contribution in [0, 0.1) is 11.7 Å². The van der Waals surface area contributed by atoms with E-state index in [1.165, 1.54) is 31.4 Å². The Bertz CT molecular complexity index is 368. The van der Waals surface area contributed by atoms with Crippen LogP contribution in [0.5, 0.6) is 0 Å². The van der Waals surface area contributed by atoms with Crippen molar-refractivity contribution in [1.29, 1.82) is 0 Å². The Labute approximate surface area is 116 Å². The number of nitrogens with two attached hydrogens (primary N) is 1. The maximum Gasteiger partial charge on any atom is 0.123 e. The second-order valence-corrected chi connectivity index (χ2v) is 5.05. The first kappa shape index (κ1) is 16.1. The third-order valence-electron chi connectivity index (χ3n) is 3.54. The highest BCUT2D eigenvalue weighted by atomic mass is 19.1. The van der Waals surface area contributed by atoms with Crippen LogP contribution in [-0.2, 0) is 17.9 Å². The van der Waals surface area contributed by atoms with E-state index in [4.69, 9.17) is 10.5 Å². The van der Waals surface area contributed by atoms with Crippen LogP contribution in [0.3, 0.4) is 0 Å². The molecule has 0 fully saturated rings. The van der Waals surface area contributed by atoms with Crippen molar-refractivity contribution in [3.05, 3.63) is 35.1 Å². The Morgan fingerprint density at radius 2 is 2.05 bits per heavy atom. The molecule has 0 aliphatic rings. The molecule has 0 saturated carbocycles. The molecule has 1 unspecified atom stereocenters. The number of halogens is 1. The fraction of sp³-hybridized carbons (Fsp3) is 0.625. The molecule has 1 aromatic rings. The van der Waals surface area contributed by atoms with Gasteiger partial charge in [0.25, 0.3) is 0 Å². The molecular weight excluding hydrogens is 241 g/mol. The van der Waals surface area contributed by atoms with Crippen LogP contribution >= 0.6 is 0 Å². The van der Waals surface area contributed by atoms with Crippen LogP contribution in [0.25, 0.3) is 0 Å². The molecule has 2 nitrogen and oxygen atoms in total. The molecule has 1 rings (SSSR count). The lowest BCUT2D eigenvalue weighted by molar-refractivity contribution is 0.0815. The van der Waals surface area contributed by atoms with E-state index in [2.05, 4.69) is 13.8 Å². The van der Waals surface area contributed by atoms with Crippen LogP contribution in [0.2, 0.25) is 0 Å². The lowest BCUT2D eigenvalue weighted by Gasteiger charge is -2.15. The molecule has 3 heteroatoms. The summed E-state index contributed by atoms with van der Waals surface area (Å²) < 4.78 is 18.9. The minimum atomic E-state index is -0.237. The summed E-state index contributed by atoms with van der Waals surface area (Å²) in [5.74, 6) is 0.389. The maximum atomic E-state index is 13.1. The van der Waals surface area contributed by atoms with Crippen LogP contribution in [0.1, 0.15) is 50.7 Å². The molecular formula is C16H26FNO. The van der Waals surface area contributed by atoms with Gasteiger partial charge < -0.3 is 10.5 Å². The Morgan fingerprint density at radius 3 is 2.68 bits per heavy atom. The van der Waals surface area contributed by atoms with Crippen molar-refractivity contribution in [3.63, 3.8) is 0 Å². The normalized spacial score (nSPS) is 12.6. The van der Waals surface area contributed by atoms with Gasteiger partial charge in [0.2, 0.25) is 0 Å². The smallest absolute Gasteiger partial charge is 0.123 e. The Balaban J connectivity index is 2.43. The molecule has 0 aliphatic heterocycles. The molecule has 0 heterocycles. The average Bonchev–Trinajstić information content (AvgIpc) is 2.43. The fourth-order valence-electron chi connectivity index (χ4n) is 2.16. The van der Waals surface area contributed by atoms with Gasteiger partial charge in [-0.3, -0.25) is 0 Å². The third kappa shape index (κ3) is 5.70. The zero-order valence-electron chi connectivity index (χ0n) is 12.1. The number of unbranched alkanes of at least 4 members (excludes halogenated alkanes) is 1. The zero-order chi connectivity index (χ0) is 14.1. The van der Waals surface area contributed by atoms with Gasteiger partial charge in [0.05, 0.1) is 6.61 Å². The van der Waals surface area contributed by atoms with Crippen LogP contribution < -0.4 is 5.73 Å². The SMILES string of the molecule is CCCCC(CC)COCc1ccc(F)cc1CN. The standard InChI is InChI=1S/C16H26FNO/c1-3-5-6-13(4-2)11-19-12-14-7-8-16(17)9-15(14)10-18/h7-9,13H,3-6,10-12,18H2,1-2H3.